The van der Waals surface area contributed by atoms with Gasteiger partial charge < -0.3 is 26.5 Å². The van der Waals surface area contributed by atoms with E-state index in [1.54, 1.807) is 6.20 Å². The normalized spacial score (nSPS) is 15.4. The number of benzene rings is 1. The third-order valence-electron chi connectivity index (χ3n) is 4.92. The number of carboxylic acid groups (broad SMARTS) is 1. The molecule has 28 heavy (non-hydrogen) atoms. The van der Waals surface area contributed by atoms with Gasteiger partial charge >= 0.3 is 5.97 Å². The van der Waals surface area contributed by atoms with E-state index in [0.717, 1.165) is 16.5 Å². The summed E-state index contributed by atoms with van der Waals surface area (Å²) in [4.78, 5) is 39.6. The van der Waals surface area contributed by atoms with Crippen LogP contribution in [-0.4, -0.2) is 46.0 Å². The molecule has 0 fully saturated rings. The Labute approximate surface area is 163 Å². The van der Waals surface area contributed by atoms with Gasteiger partial charge in [-0.15, -0.1) is 0 Å². The largest absolute Gasteiger partial charge is 0.480 e. The number of amides is 2. The fraction of sp³-hybridized carbons (Fsp3) is 0.450. The maximum Gasteiger partial charge on any atom is 0.326 e. The zero-order valence-corrected chi connectivity index (χ0v) is 16.4. The number of hydrogen-bond donors (Lipinski definition) is 5. The molecular formula is C20H28N4O4. The van der Waals surface area contributed by atoms with Crippen molar-refractivity contribution in [2.45, 2.75) is 51.7 Å². The lowest BCUT2D eigenvalue weighted by molar-refractivity contribution is -0.142. The first-order valence-corrected chi connectivity index (χ1v) is 9.38. The summed E-state index contributed by atoms with van der Waals surface area (Å²) in [6.07, 6.45) is 2.51. The van der Waals surface area contributed by atoms with Gasteiger partial charge in [-0.05, 0) is 24.5 Å². The summed E-state index contributed by atoms with van der Waals surface area (Å²) < 4.78 is 0. The van der Waals surface area contributed by atoms with Gasteiger partial charge in [0, 0.05) is 23.5 Å². The first kappa shape index (κ1) is 21.4. The lowest BCUT2D eigenvalue weighted by atomic mass is 9.97. The third kappa shape index (κ3) is 5.10. The molecule has 1 aromatic heterocycles. The fourth-order valence-electron chi connectivity index (χ4n) is 2.97. The highest BCUT2D eigenvalue weighted by Gasteiger charge is 2.30. The number of nitrogens with two attached hydrogens (primary N) is 1. The summed E-state index contributed by atoms with van der Waals surface area (Å²) in [5, 5.41) is 15.7. The quantitative estimate of drug-likeness (QED) is 0.439. The molecule has 8 heteroatoms. The van der Waals surface area contributed by atoms with E-state index < -0.39 is 35.9 Å². The van der Waals surface area contributed by atoms with Gasteiger partial charge in [0.2, 0.25) is 11.8 Å². The predicted molar refractivity (Wildman–Crippen MR) is 107 cm³/mol. The summed E-state index contributed by atoms with van der Waals surface area (Å²) in [6, 6.07) is 4.81. The number of H-pyrrole nitrogens is 1. The zero-order chi connectivity index (χ0) is 20.8. The molecule has 1 heterocycles. The summed E-state index contributed by atoms with van der Waals surface area (Å²) in [5.74, 6) is -2.30. The molecule has 2 amide bonds. The average Bonchev–Trinajstić information content (AvgIpc) is 3.07. The molecular weight excluding hydrogens is 360 g/mol. The second kappa shape index (κ2) is 9.36. The topological polar surface area (TPSA) is 137 Å². The Hall–Kier alpha value is -2.87. The molecule has 0 aliphatic rings. The second-order valence-corrected chi connectivity index (χ2v) is 7.12. The van der Waals surface area contributed by atoms with Crippen LogP contribution in [0.4, 0.5) is 0 Å². The van der Waals surface area contributed by atoms with Crippen LogP contribution in [0, 0.1) is 5.92 Å². The van der Waals surface area contributed by atoms with Crippen LogP contribution in [0.1, 0.15) is 32.8 Å². The van der Waals surface area contributed by atoms with Crippen molar-refractivity contribution in [3.63, 3.8) is 0 Å². The van der Waals surface area contributed by atoms with Crippen LogP contribution in [0.25, 0.3) is 10.9 Å². The van der Waals surface area contributed by atoms with Gasteiger partial charge in [0.15, 0.2) is 0 Å². The van der Waals surface area contributed by atoms with E-state index in [1.165, 1.54) is 6.92 Å². The second-order valence-electron chi connectivity index (χ2n) is 7.12. The Morgan fingerprint density at radius 3 is 2.43 bits per heavy atom. The minimum atomic E-state index is -1.14. The zero-order valence-electron chi connectivity index (χ0n) is 16.4. The number of aromatic nitrogens is 1. The molecule has 4 atom stereocenters. The fourth-order valence-corrected chi connectivity index (χ4v) is 2.97. The lowest BCUT2D eigenvalue weighted by Crippen LogP contribution is -2.56. The van der Waals surface area contributed by atoms with Crippen molar-refractivity contribution in [2.24, 2.45) is 11.7 Å². The smallest absolute Gasteiger partial charge is 0.326 e. The van der Waals surface area contributed by atoms with Gasteiger partial charge in [0.25, 0.3) is 0 Å². The van der Waals surface area contributed by atoms with Gasteiger partial charge in [-0.3, -0.25) is 9.59 Å². The molecule has 0 aliphatic heterocycles. The standard InChI is InChI=1S/C20H28N4O4/c1-4-11(2)17(24-18(25)12(3)21)19(26)23-16(20(27)28)9-13-10-22-15-8-6-5-7-14(13)15/h5-8,10-12,16-17,22H,4,9,21H2,1-3H3,(H,23,26)(H,24,25)(H,27,28)/t11-,12-,16-,17-/m0/s1. The molecule has 152 valence electrons. The average molecular weight is 388 g/mol. The number of aromatic amines is 1. The SMILES string of the molecule is CC[C@H](C)[C@H](NC(=O)[C@H](C)N)C(=O)N[C@@H](Cc1c[nH]c2ccccc12)C(=O)O. The van der Waals surface area contributed by atoms with Crippen LogP contribution >= 0.6 is 0 Å². The van der Waals surface area contributed by atoms with Crippen LogP contribution < -0.4 is 16.4 Å². The van der Waals surface area contributed by atoms with Gasteiger partial charge in [-0.25, -0.2) is 4.79 Å². The number of aliphatic carboxylic acids is 1. The van der Waals surface area contributed by atoms with Crippen molar-refractivity contribution in [1.29, 1.82) is 0 Å². The van der Waals surface area contributed by atoms with E-state index in [-0.39, 0.29) is 12.3 Å². The van der Waals surface area contributed by atoms with E-state index in [1.807, 2.05) is 38.1 Å². The number of hydrogen-bond acceptors (Lipinski definition) is 4. The molecule has 8 nitrogen and oxygen atoms in total. The maximum absolute atomic E-state index is 12.8. The molecule has 0 bridgehead atoms. The molecule has 0 aliphatic carbocycles. The minimum absolute atomic E-state index is 0.125. The molecule has 0 saturated heterocycles. The number of rotatable bonds is 9. The van der Waals surface area contributed by atoms with Crippen LogP contribution in [0.2, 0.25) is 0 Å². The van der Waals surface area contributed by atoms with Crippen molar-refractivity contribution in [1.82, 2.24) is 15.6 Å². The van der Waals surface area contributed by atoms with Gasteiger partial charge in [-0.1, -0.05) is 38.5 Å². The van der Waals surface area contributed by atoms with Gasteiger partial charge in [0.05, 0.1) is 6.04 Å². The highest BCUT2D eigenvalue weighted by atomic mass is 16.4. The first-order valence-electron chi connectivity index (χ1n) is 9.38. The molecule has 2 rings (SSSR count). The summed E-state index contributed by atoms with van der Waals surface area (Å²) >= 11 is 0. The molecule has 0 spiro atoms. The monoisotopic (exact) mass is 388 g/mol. The lowest BCUT2D eigenvalue weighted by Gasteiger charge is -2.26. The Kier molecular flexibility index (Phi) is 7.17. The molecule has 0 saturated carbocycles. The Morgan fingerprint density at radius 1 is 1.14 bits per heavy atom. The summed E-state index contributed by atoms with van der Waals surface area (Å²) in [7, 11) is 0. The summed E-state index contributed by atoms with van der Waals surface area (Å²) in [6.45, 7) is 5.24. The Bertz CT molecular complexity index is 846. The highest BCUT2D eigenvalue weighted by molar-refractivity contribution is 5.92. The Balaban J connectivity index is 2.17. The van der Waals surface area contributed by atoms with Crippen molar-refractivity contribution in [3.8, 4) is 0 Å². The number of carbonyl (C=O) groups excluding carboxylic acids is 2. The number of para-hydroxylation sites is 1. The Morgan fingerprint density at radius 2 is 1.82 bits per heavy atom. The van der Waals surface area contributed by atoms with Crippen molar-refractivity contribution in [2.75, 3.05) is 0 Å². The van der Waals surface area contributed by atoms with E-state index in [9.17, 15) is 19.5 Å². The molecule has 2 aromatic rings. The van der Waals surface area contributed by atoms with Crippen molar-refractivity contribution < 1.29 is 19.5 Å². The van der Waals surface area contributed by atoms with Crippen LogP contribution in [-0.2, 0) is 20.8 Å². The molecule has 6 N–H and O–H groups in total. The van der Waals surface area contributed by atoms with Crippen LogP contribution in [0.5, 0.6) is 0 Å². The van der Waals surface area contributed by atoms with E-state index in [4.69, 9.17) is 5.73 Å². The number of carboxylic acids is 1. The van der Waals surface area contributed by atoms with E-state index in [0.29, 0.717) is 6.42 Å². The first-order chi connectivity index (χ1) is 13.2. The van der Waals surface area contributed by atoms with Gasteiger partial charge in [-0.2, -0.15) is 0 Å². The predicted octanol–water partition coefficient (Wildman–Crippen LogP) is 1.16. The van der Waals surface area contributed by atoms with Crippen molar-refractivity contribution >= 4 is 28.7 Å². The van der Waals surface area contributed by atoms with E-state index >= 15 is 0 Å². The highest BCUT2D eigenvalue weighted by Crippen LogP contribution is 2.19. The van der Waals surface area contributed by atoms with Crippen LogP contribution in [0.3, 0.4) is 0 Å². The number of carbonyl (C=O) groups is 3. The molecule has 0 unspecified atom stereocenters. The number of nitrogens with one attached hydrogen (secondary N) is 3. The third-order valence-corrected chi connectivity index (χ3v) is 4.92. The molecule has 0 radical (unpaired) electrons. The van der Waals surface area contributed by atoms with Crippen LogP contribution in [0.15, 0.2) is 30.5 Å². The minimum Gasteiger partial charge on any atom is -0.480 e. The summed E-state index contributed by atoms with van der Waals surface area (Å²) in [5.41, 5.74) is 7.27. The maximum atomic E-state index is 12.8. The van der Waals surface area contributed by atoms with E-state index in [2.05, 4.69) is 15.6 Å². The molecule has 1 aromatic carbocycles. The van der Waals surface area contributed by atoms with Gasteiger partial charge in [0.1, 0.15) is 12.1 Å². The van der Waals surface area contributed by atoms with Crippen molar-refractivity contribution in [3.05, 3.63) is 36.0 Å². The number of fused-ring (bicyclic) bond motifs is 1.